The van der Waals surface area contributed by atoms with E-state index in [9.17, 15) is 31.5 Å². The van der Waals surface area contributed by atoms with E-state index in [-0.39, 0.29) is 34.4 Å². The van der Waals surface area contributed by atoms with Gasteiger partial charge in [-0.2, -0.15) is 21.6 Å². The summed E-state index contributed by atoms with van der Waals surface area (Å²) in [5.74, 6) is -0.702. The van der Waals surface area contributed by atoms with Gasteiger partial charge in [-0.05, 0) is 90.4 Å². The van der Waals surface area contributed by atoms with Crippen LogP contribution in [0.5, 0.6) is 11.5 Å². The van der Waals surface area contributed by atoms with Crippen LogP contribution in [0.25, 0.3) is 0 Å². The number of carbonyl (C=O) groups excluding carboxylic acids is 1. The highest BCUT2D eigenvalue weighted by atomic mass is 32.2. The van der Waals surface area contributed by atoms with E-state index >= 15 is 0 Å². The molecule has 3 fully saturated rings. The van der Waals surface area contributed by atoms with E-state index in [1.165, 1.54) is 12.1 Å². The van der Waals surface area contributed by atoms with Gasteiger partial charge in [0.25, 0.3) is 0 Å². The number of benzene rings is 1. The second-order valence-corrected chi connectivity index (χ2v) is 11.8. The summed E-state index contributed by atoms with van der Waals surface area (Å²) in [7, 11) is -4.58. The van der Waals surface area contributed by atoms with Gasteiger partial charge in [-0.15, -0.1) is 0 Å². The molecule has 0 aliphatic heterocycles. The first-order valence-electron chi connectivity index (χ1n) is 11.5. The van der Waals surface area contributed by atoms with Crippen molar-refractivity contribution in [3.8, 4) is 11.5 Å². The third-order valence-corrected chi connectivity index (χ3v) is 9.71. The Labute approximate surface area is 196 Å². The van der Waals surface area contributed by atoms with Crippen LogP contribution in [0.4, 0.5) is 13.2 Å². The van der Waals surface area contributed by atoms with Crippen molar-refractivity contribution in [1.29, 1.82) is 0 Å². The molecular weight excluding hydrogens is 475 g/mol. The zero-order chi connectivity index (χ0) is 24.7. The number of aliphatic hydroxyl groups excluding tert-OH is 1. The predicted molar refractivity (Wildman–Crippen MR) is 114 cm³/mol. The van der Waals surface area contributed by atoms with Gasteiger partial charge in [0.15, 0.2) is 18.1 Å². The molecule has 7 nitrogen and oxygen atoms in total. The largest absolute Gasteiger partial charge is 0.480 e. The molecule has 4 aliphatic rings. The van der Waals surface area contributed by atoms with E-state index in [0.717, 1.165) is 50.2 Å². The number of halogens is 3. The number of aryl methyl sites for hydroxylation is 1. The van der Waals surface area contributed by atoms with Crippen LogP contribution in [0.3, 0.4) is 0 Å². The Kier molecular flexibility index (Phi) is 5.23. The number of ether oxygens (including phenoxy) is 1. The van der Waals surface area contributed by atoms with E-state index in [1.807, 2.05) is 0 Å². The van der Waals surface area contributed by atoms with Gasteiger partial charge in [0.2, 0.25) is 5.91 Å². The standard InChI is InChI=1S/C23H28F3NO6S/c1-12(28)27-34(30,31)33-19-7-13-3-4-17-15(16(13)9-18(19)32-11-23(24,25)26)5-6-21(2)20(29)8-14-10-22(14,17)21/h7,9,14-15,17,20,29H,3-6,8,10-11H2,1-2H3,(H,27,28)/t14-,15?,17?,20+,21-,22+/m1/s1. The molecule has 3 saturated carbocycles. The monoisotopic (exact) mass is 503 g/mol. The summed E-state index contributed by atoms with van der Waals surface area (Å²) < 4.78 is 74.6. The molecule has 5 rings (SSSR count). The number of hydrogen-bond acceptors (Lipinski definition) is 6. The van der Waals surface area contributed by atoms with Crippen molar-refractivity contribution in [2.45, 2.75) is 70.6 Å². The Morgan fingerprint density at radius 3 is 2.68 bits per heavy atom. The molecule has 0 radical (unpaired) electrons. The summed E-state index contributed by atoms with van der Waals surface area (Å²) in [6.45, 7) is 1.56. The first-order chi connectivity index (χ1) is 15.8. The Bertz CT molecular complexity index is 1140. The second kappa shape index (κ2) is 7.49. The van der Waals surface area contributed by atoms with Crippen LogP contribution in [-0.4, -0.2) is 38.3 Å². The second-order valence-electron chi connectivity index (χ2n) is 10.5. The van der Waals surface area contributed by atoms with Crippen molar-refractivity contribution >= 4 is 16.2 Å². The highest BCUT2D eigenvalue weighted by Crippen LogP contribution is 2.81. The molecule has 0 saturated heterocycles. The predicted octanol–water partition coefficient (Wildman–Crippen LogP) is 3.60. The minimum atomic E-state index is -4.63. The normalized spacial score (nSPS) is 35.9. The number of alkyl halides is 3. The minimum absolute atomic E-state index is 0.0595. The number of rotatable bonds is 5. The molecule has 1 aromatic rings. The van der Waals surface area contributed by atoms with Crippen molar-refractivity contribution in [1.82, 2.24) is 4.72 Å². The molecule has 34 heavy (non-hydrogen) atoms. The van der Waals surface area contributed by atoms with Crippen LogP contribution >= 0.6 is 0 Å². The quantitative estimate of drug-likeness (QED) is 0.637. The molecule has 6 atom stereocenters. The number of carbonyl (C=O) groups is 1. The summed E-state index contributed by atoms with van der Waals surface area (Å²) >= 11 is 0. The molecule has 188 valence electrons. The Morgan fingerprint density at radius 1 is 1.26 bits per heavy atom. The van der Waals surface area contributed by atoms with Crippen molar-refractivity contribution in [2.75, 3.05) is 6.61 Å². The fraction of sp³-hybridized carbons (Fsp3) is 0.696. The molecule has 4 aliphatic carbocycles. The van der Waals surface area contributed by atoms with Gasteiger partial charge in [-0.1, -0.05) is 6.92 Å². The number of amides is 1. The van der Waals surface area contributed by atoms with Gasteiger partial charge in [-0.3, -0.25) is 4.79 Å². The first kappa shape index (κ1) is 23.7. The fourth-order valence-corrected chi connectivity index (χ4v) is 8.21. The third-order valence-electron chi connectivity index (χ3n) is 8.77. The van der Waals surface area contributed by atoms with Crippen LogP contribution in [-0.2, 0) is 21.5 Å². The van der Waals surface area contributed by atoms with Crippen molar-refractivity contribution in [3.63, 3.8) is 0 Å². The van der Waals surface area contributed by atoms with E-state index < -0.39 is 29.0 Å². The molecule has 0 aromatic heterocycles. The van der Waals surface area contributed by atoms with Gasteiger partial charge >= 0.3 is 16.5 Å². The van der Waals surface area contributed by atoms with Gasteiger partial charge in [-0.25, -0.2) is 4.72 Å². The summed E-state index contributed by atoms with van der Waals surface area (Å²) in [4.78, 5) is 11.2. The summed E-state index contributed by atoms with van der Waals surface area (Å²) in [6.07, 6.45) is 0.0325. The lowest BCUT2D eigenvalue weighted by atomic mass is 9.52. The number of nitrogens with one attached hydrogen (secondary N) is 1. The molecule has 2 unspecified atom stereocenters. The lowest BCUT2D eigenvalue weighted by molar-refractivity contribution is -0.153. The molecule has 0 heterocycles. The number of hydrogen-bond donors (Lipinski definition) is 2. The molecule has 1 amide bonds. The minimum Gasteiger partial charge on any atom is -0.480 e. The Hall–Kier alpha value is -2.01. The van der Waals surface area contributed by atoms with Crippen LogP contribution in [0.1, 0.15) is 63.0 Å². The third kappa shape index (κ3) is 3.66. The average molecular weight is 504 g/mol. The Morgan fingerprint density at radius 2 is 2.00 bits per heavy atom. The molecule has 0 bridgehead atoms. The molecule has 1 spiro atoms. The molecule has 11 heteroatoms. The maximum atomic E-state index is 12.9. The molecule has 2 N–H and O–H groups in total. The van der Waals surface area contributed by atoms with Crippen molar-refractivity contribution in [2.24, 2.45) is 22.7 Å². The summed E-state index contributed by atoms with van der Waals surface area (Å²) in [6, 6.07) is 2.91. The summed E-state index contributed by atoms with van der Waals surface area (Å²) in [5.41, 5.74) is 1.59. The lowest BCUT2D eigenvalue weighted by Gasteiger charge is -2.52. The maximum Gasteiger partial charge on any atom is 0.422 e. The Balaban J connectivity index is 1.51. The van der Waals surface area contributed by atoms with E-state index in [2.05, 4.69) is 6.92 Å². The fourth-order valence-electron chi connectivity index (χ4n) is 7.45. The number of aliphatic hydroxyl groups is 1. The smallest absolute Gasteiger partial charge is 0.422 e. The SMILES string of the molecule is CC(=O)NS(=O)(=O)Oc1cc2c(cc1OCC(F)(F)F)C1CC[C@]3(C)[C@@H](O)C[C@@H]4C[C@@]43C1CC2. The zero-order valence-electron chi connectivity index (χ0n) is 18.9. The van der Waals surface area contributed by atoms with Gasteiger partial charge in [0.1, 0.15) is 0 Å². The lowest BCUT2D eigenvalue weighted by Crippen LogP contribution is -2.47. The maximum absolute atomic E-state index is 12.9. The summed E-state index contributed by atoms with van der Waals surface area (Å²) in [5, 5.41) is 10.7. The van der Waals surface area contributed by atoms with Crippen LogP contribution in [0.15, 0.2) is 12.1 Å². The van der Waals surface area contributed by atoms with Crippen molar-refractivity contribution in [3.05, 3.63) is 23.3 Å². The van der Waals surface area contributed by atoms with Crippen LogP contribution < -0.4 is 13.6 Å². The topological polar surface area (TPSA) is 102 Å². The highest BCUT2D eigenvalue weighted by Gasteiger charge is 2.76. The number of fused-ring (bicyclic) bond motifs is 3. The molecule has 1 aromatic carbocycles. The van der Waals surface area contributed by atoms with Crippen molar-refractivity contribution < 1.29 is 40.4 Å². The highest BCUT2D eigenvalue weighted by molar-refractivity contribution is 7.85. The van der Waals surface area contributed by atoms with Gasteiger partial charge in [0, 0.05) is 6.92 Å². The van der Waals surface area contributed by atoms with E-state index in [4.69, 9.17) is 8.92 Å². The first-order valence-corrected chi connectivity index (χ1v) is 12.9. The van der Waals surface area contributed by atoms with Crippen LogP contribution in [0.2, 0.25) is 0 Å². The van der Waals surface area contributed by atoms with Gasteiger partial charge in [0.05, 0.1) is 6.10 Å². The zero-order valence-corrected chi connectivity index (χ0v) is 19.8. The average Bonchev–Trinajstić information content (AvgIpc) is 3.36. The van der Waals surface area contributed by atoms with E-state index in [1.54, 1.807) is 4.72 Å². The molecular formula is C23H28F3NO6S. The van der Waals surface area contributed by atoms with E-state index in [0.29, 0.717) is 18.3 Å². The van der Waals surface area contributed by atoms with Gasteiger partial charge < -0.3 is 14.0 Å². The van der Waals surface area contributed by atoms with Crippen LogP contribution in [0, 0.1) is 22.7 Å².